The first-order valence-corrected chi connectivity index (χ1v) is 10.8. The molecule has 2 aromatic rings. The van der Waals surface area contributed by atoms with E-state index in [0.29, 0.717) is 24.1 Å². The average Bonchev–Trinajstić information content (AvgIpc) is 2.66. The van der Waals surface area contributed by atoms with E-state index in [1.165, 1.54) is 29.3 Å². The van der Waals surface area contributed by atoms with Crippen molar-refractivity contribution < 1.29 is 18.0 Å². The SMILES string of the molecule is Cc1cc(=O)c(C(=O)NC(C)CN2CC(C)CC(C)C2)nn1-c1cccc(C(F)(F)F)c1. The molecule has 1 aromatic carbocycles. The molecule has 0 aliphatic carbocycles. The van der Waals surface area contributed by atoms with E-state index in [0.717, 1.165) is 25.2 Å². The van der Waals surface area contributed by atoms with Crippen LogP contribution in [0.25, 0.3) is 5.69 Å². The van der Waals surface area contributed by atoms with Crippen molar-refractivity contribution in [1.82, 2.24) is 20.0 Å². The summed E-state index contributed by atoms with van der Waals surface area (Å²) in [6, 6.07) is 5.60. The third-order valence-electron chi connectivity index (χ3n) is 5.59. The summed E-state index contributed by atoms with van der Waals surface area (Å²) >= 11 is 0. The van der Waals surface area contributed by atoms with Gasteiger partial charge in [-0.3, -0.25) is 9.59 Å². The topological polar surface area (TPSA) is 67.2 Å². The van der Waals surface area contributed by atoms with Crippen molar-refractivity contribution in [2.75, 3.05) is 19.6 Å². The number of nitrogens with zero attached hydrogens (tertiary/aromatic N) is 3. The molecule has 1 aliphatic rings. The maximum absolute atomic E-state index is 13.1. The number of amides is 1. The molecule has 6 nitrogen and oxygen atoms in total. The van der Waals surface area contributed by atoms with Crippen LogP contribution in [-0.4, -0.2) is 46.3 Å². The van der Waals surface area contributed by atoms with Gasteiger partial charge in [0.25, 0.3) is 5.91 Å². The summed E-state index contributed by atoms with van der Waals surface area (Å²) in [4.78, 5) is 27.5. The second kappa shape index (κ2) is 9.44. The van der Waals surface area contributed by atoms with Crippen LogP contribution in [-0.2, 0) is 6.18 Å². The van der Waals surface area contributed by atoms with E-state index in [4.69, 9.17) is 0 Å². The zero-order valence-corrected chi connectivity index (χ0v) is 18.7. The molecule has 1 aliphatic heterocycles. The van der Waals surface area contributed by atoms with E-state index in [1.54, 1.807) is 6.92 Å². The third kappa shape index (κ3) is 5.76. The minimum absolute atomic E-state index is 0.121. The first kappa shape index (κ1) is 24.0. The lowest BCUT2D eigenvalue weighted by Crippen LogP contribution is -2.47. The second-order valence-corrected chi connectivity index (χ2v) is 9.00. The Morgan fingerprint density at radius 2 is 1.88 bits per heavy atom. The summed E-state index contributed by atoms with van der Waals surface area (Å²) in [7, 11) is 0. The van der Waals surface area contributed by atoms with Crippen LogP contribution >= 0.6 is 0 Å². The molecular weight excluding hydrogens is 421 g/mol. The Labute approximate surface area is 185 Å². The fourth-order valence-electron chi connectivity index (χ4n) is 4.45. The summed E-state index contributed by atoms with van der Waals surface area (Å²) < 4.78 is 40.5. The Bertz CT molecular complexity index is 1020. The highest BCUT2D eigenvalue weighted by Gasteiger charge is 2.31. The highest BCUT2D eigenvalue weighted by molar-refractivity contribution is 5.92. The number of carbonyl (C=O) groups excluding carboxylic acids is 1. The summed E-state index contributed by atoms with van der Waals surface area (Å²) in [5.74, 6) is 0.529. The lowest BCUT2D eigenvalue weighted by molar-refractivity contribution is -0.137. The van der Waals surface area contributed by atoms with Crippen molar-refractivity contribution in [3.05, 3.63) is 57.5 Å². The average molecular weight is 451 g/mol. The van der Waals surface area contributed by atoms with Gasteiger partial charge >= 0.3 is 6.18 Å². The number of benzene rings is 1. The van der Waals surface area contributed by atoms with Crippen LogP contribution in [0.2, 0.25) is 0 Å². The molecule has 0 radical (unpaired) electrons. The van der Waals surface area contributed by atoms with Crippen LogP contribution in [0, 0.1) is 18.8 Å². The fraction of sp³-hybridized carbons (Fsp3) is 0.522. The van der Waals surface area contributed by atoms with Crippen molar-refractivity contribution in [1.29, 1.82) is 0 Å². The summed E-state index contributed by atoms with van der Waals surface area (Å²) in [6.45, 7) is 10.4. The first-order chi connectivity index (χ1) is 14.9. The van der Waals surface area contributed by atoms with Gasteiger partial charge in [-0.05, 0) is 50.3 Å². The zero-order chi connectivity index (χ0) is 23.6. The van der Waals surface area contributed by atoms with Crippen LogP contribution in [0.5, 0.6) is 0 Å². The number of rotatable bonds is 5. The van der Waals surface area contributed by atoms with Crippen LogP contribution in [0.1, 0.15) is 48.9 Å². The van der Waals surface area contributed by atoms with Gasteiger partial charge in [-0.25, -0.2) is 4.68 Å². The van der Waals surface area contributed by atoms with Crippen molar-refractivity contribution in [2.45, 2.75) is 46.3 Å². The molecule has 3 rings (SSSR count). The van der Waals surface area contributed by atoms with Crippen molar-refractivity contribution in [2.24, 2.45) is 11.8 Å². The van der Waals surface area contributed by atoms with Crippen molar-refractivity contribution >= 4 is 5.91 Å². The van der Waals surface area contributed by atoms with Gasteiger partial charge in [0.2, 0.25) is 5.43 Å². The predicted molar refractivity (Wildman–Crippen MR) is 116 cm³/mol. The lowest BCUT2D eigenvalue weighted by atomic mass is 9.92. The maximum atomic E-state index is 13.1. The van der Waals surface area contributed by atoms with Crippen molar-refractivity contribution in [3.63, 3.8) is 0 Å². The molecule has 0 saturated carbocycles. The van der Waals surface area contributed by atoms with Crippen LogP contribution in [0.15, 0.2) is 35.1 Å². The smallest absolute Gasteiger partial charge is 0.347 e. The Balaban J connectivity index is 1.80. The number of aromatic nitrogens is 2. The molecule has 3 unspecified atom stereocenters. The van der Waals surface area contributed by atoms with E-state index >= 15 is 0 Å². The normalized spacial score (nSPS) is 20.7. The molecule has 1 amide bonds. The van der Waals surface area contributed by atoms with E-state index < -0.39 is 23.1 Å². The molecule has 9 heteroatoms. The van der Waals surface area contributed by atoms with E-state index in [9.17, 15) is 22.8 Å². The predicted octanol–water partition coefficient (Wildman–Crippen LogP) is 3.66. The number of nitrogens with one attached hydrogen (secondary N) is 1. The number of halogens is 3. The Kier molecular flexibility index (Phi) is 7.07. The van der Waals surface area contributed by atoms with Gasteiger partial charge in [-0.2, -0.15) is 18.3 Å². The van der Waals surface area contributed by atoms with Gasteiger partial charge in [0, 0.05) is 37.4 Å². The number of likely N-dealkylation sites (tertiary alicyclic amines) is 1. The standard InChI is InChI=1S/C23H29F3N4O2/c1-14-8-15(2)12-29(11-14)13-16(3)27-22(32)21-20(31)9-17(4)30(28-21)19-7-5-6-18(10-19)23(24,25)26/h5-7,9-10,14-16H,8,11-13H2,1-4H3,(H,27,32). The van der Waals surface area contributed by atoms with Gasteiger partial charge in [0.1, 0.15) is 0 Å². The number of aryl methyl sites for hydroxylation is 1. The first-order valence-electron chi connectivity index (χ1n) is 10.8. The van der Waals surface area contributed by atoms with Gasteiger partial charge in [-0.15, -0.1) is 0 Å². The maximum Gasteiger partial charge on any atom is 0.416 e. The number of hydrogen-bond donors (Lipinski definition) is 1. The quantitative estimate of drug-likeness (QED) is 0.755. The Morgan fingerprint density at radius 1 is 1.22 bits per heavy atom. The van der Waals surface area contributed by atoms with Gasteiger partial charge in [0.05, 0.1) is 11.3 Å². The number of alkyl halides is 3. The molecule has 0 bridgehead atoms. The minimum Gasteiger partial charge on any atom is -0.347 e. The van der Waals surface area contributed by atoms with Gasteiger partial charge < -0.3 is 10.2 Å². The number of piperidine rings is 1. The van der Waals surface area contributed by atoms with Crippen LogP contribution < -0.4 is 10.7 Å². The van der Waals surface area contributed by atoms with Crippen LogP contribution in [0.4, 0.5) is 13.2 Å². The molecule has 1 saturated heterocycles. The monoisotopic (exact) mass is 450 g/mol. The molecule has 2 heterocycles. The zero-order valence-electron chi connectivity index (χ0n) is 18.7. The molecular formula is C23H29F3N4O2. The molecule has 174 valence electrons. The molecule has 0 spiro atoms. The number of hydrogen-bond acceptors (Lipinski definition) is 4. The third-order valence-corrected chi connectivity index (χ3v) is 5.59. The van der Waals surface area contributed by atoms with Gasteiger partial charge in [-0.1, -0.05) is 19.9 Å². The highest BCUT2D eigenvalue weighted by atomic mass is 19.4. The highest BCUT2D eigenvalue weighted by Crippen LogP contribution is 2.30. The molecule has 1 aromatic heterocycles. The van der Waals surface area contributed by atoms with Crippen LogP contribution in [0.3, 0.4) is 0 Å². The number of carbonyl (C=O) groups is 1. The second-order valence-electron chi connectivity index (χ2n) is 9.00. The van der Waals surface area contributed by atoms with E-state index in [2.05, 4.69) is 29.2 Å². The lowest BCUT2D eigenvalue weighted by Gasteiger charge is -2.36. The summed E-state index contributed by atoms with van der Waals surface area (Å²) in [5, 5.41) is 6.91. The minimum atomic E-state index is -4.51. The summed E-state index contributed by atoms with van der Waals surface area (Å²) in [6.07, 6.45) is -3.33. The van der Waals surface area contributed by atoms with Crippen molar-refractivity contribution in [3.8, 4) is 5.69 Å². The van der Waals surface area contributed by atoms with E-state index in [1.807, 2.05) is 6.92 Å². The summed E-state index contributed by atoms with van der Waals surface area (Å²) in [5.41, 5.74) is -1.30. The molecule has 3 atom stereocenters. The Hall–Kier alpha value is -2.68. The fourth-order valence-corrected chi connectivity index (χ4v) is 4.45. The Morgan fingerprint density at radius 3 is 2.50 bits per heavy atom. The largest absolute Gasteiger partial charge is 0.416 e. The molecule has 1 fully saturated rings. The molecule has 32 heavy (non-hydrogen) atoms. The molecule has 1 N–H and O–H groups in total. The van der Waals surface area contributed by atoms with E-state index in [-0.39, 0.29) is 17.4 Å². The van der Waals surface area contributed by atoms with Gasteiger partial charge in [0.15, 0.2) is 5.69 Å².